The number of benzene rings is 2. The van der Waals surface area contributed by atoms with E-state index in [-0.39, 0.29) is 35.8 Å². The largest absolute Gasteiger partial charge is 0.486 e. The molecule has 0 unspecified atom stereocenters. The number of anilines is 1. The van der Waals surface area contributed by atoms with E-state index < -0.39 is 21.9 Å². The Hall–Kier alpha value is -3.37. The zero-order chi connectivity index (χ0) is 27.1. The number of carbonyl (C=O) groups is 2. The molecule has 3 aliphatic heterocycles. The van der Waals surface area contributed by atoms with E-state index in [1.165, 1.54) is 16.4 Å². The molecule has 0 spiro atoms. The third-order valence-corrected chi connectivity index (χ3v) is 9.43. The van der Waals surface area contributed by atoms with Crippen LogP contribution < -0.4 is 14.4 Å². The van der Waals surface area contributed by atoms with E-state index in [1.807, 2.05) is 30.1 Å². The average molecular weight is 541 g/mol. The first-order valence-corrected chi connectivity index (χ1v) is 14.2. The molecule has 2 aromatic carbocycles. The fourth-order valence-electron chi connectivity index (χ4n) is 5.38. The summed E-state index contributed by atoms with van der Waals surface area (Å²) in [6.07, 6.45) is 2.20. The predicted octanol–water partition coefficient (Wildman–Crippen LogP) is 3.28. The standard InChI is InChI=1S/C28H32N2O7S/c1-28(2)22-6-4-5-7-23(22)29(3)26(28)16-20(31)18-37-27(32)19-10-12-30(13-11-19)38(33,34)21-8-9-24-25(17-21)36-15-14-35-24/h4-9,16-17,19H,10-15,18H2,1-3H3. The molecule has 38 heavy (non-hydrogen) atoms. The maximum absolute atomic E-state index is 13.1. The SMILES string of the molecule is CN1C(=CC(=O)COC(=O)C2CCN(S(=O)(=O)c3ccc4c(c3)OCCO4)CC2)C(C)(C)c2ccccc21. The lowest BCUT2D eigenvalue weighted by atomic mass is 9.83. The third-order valence-electron chi connectivity index (χ3n) is 7.53. The Morgan fingerprint density at radius 2 is 1.74 bits per heavy atom. The van der Waals surface area contributed by atoms with E-state index in [0.29, 0.717) is 37.6 Å². The van der Waals surface area contributed by atoms with Crippen LogP contribution in [0.25, 0.3) is 0 Å². The van der Waals surface area contributed by atoms with Crippen molar-refractivity contribution in [1.82, 2.24) is 4.31 Å². The highest BCUT2D eigenvalue weighted by Crippen LogP contribution is 2.46. The summed E-state index contributed by atoms with van der Waals surface area (Å²) in [6.45, 7) is 4.94. The quantitative estimate of drug-likeness (QED) is 0.406. The molecule has 9 nitrogen and oxygen atoms in total. The number of likely N-dealkylation sites (N-methyl/N-ethyl adjacent to an activating group) is 1. The predicted molar refractivity (Wildman–Crippen MR) is 141 cm³/mol. The molecule has 0 aliphatic carbocycles. The first-order chi connectivity index (χ1) is 18.1. The molecule has 0 amide bonds. The van der Waals surface area contributed by atoms with Crippen molar-refractivity contribution >= 4 is 27.5 Å². The fourth-order valence-corrected chi connectivity index (χ4v) is 6.86. The first kappa shape index (κ1) is 26.2. The van der Waals surface area contributed by atoms with Gasteiger partial charge >= 0.3 is 5.97 Å². The van der Waals surface area contributed by atoms with Gasteiger partial charge in [-0.05, 0) is 36.6 Å². The summed E-state index contributed by atoms with van der Waals surface area (Å²) in [5, 5.41) is 0. The van der Waals surface area contributed by atoms with Gasteiger partial charge in [-0.15, -0.1) is 0 Å². The van der Waals surface area contributed by atoms with Gasteiger partial charge in [0.1, 0.15) is 13.2 Å². The van der Waals surface area contributed by atoms with E-state index in [4.69, 9.17) is 14.2 Å². The molecule has 0 aromatic heterocycles. The van der Waals surface area contributed by atoms with Crippen molar-refractivity contribution in [2.24, 2.45) is 5.92 Å². The van der Waals surface area contributed by atoms with Crippen molar-refractivity contribution in [2.75, 3.05) is 44.9 Å². The fraction of sp³-hybridized carbons (Fsp3) is 0.429. The number of hydrogen-bond acceptors (Lipinski definition) is 8. The summed E-state index contributed by atoms with van der Waals surface area (Å²) in [5.74, 6) is -0.298. The maximum Gasteiger partial charge on any atom is 0.309 e. The van der Waals surface area contributed by atoms with Gasteiger partial charge < -0.3 is 19.1 Å². The summed E-state index contributed by atoms with van der Waals surface area (Å²) >= 11 is 0. The zero-order valence-corrected chi connectivity index (χ0v) is 22.6. The molecule has 0 atom stereocenters. The summed E-state index contributed by atoms with van der Waals surface area (Å²) in [6, 6.07) is 12.6. The van der Waals surface area contributed by atoms with Crippen LogP contribution >= 0.6 is 0 Å². The zero-order valence-electron chi connectivity index (χ0n) is 21.8. The van der Waals surface area contributed by atoms with Crippen molar-refractivity contribution in [3.05, 3.63) is 59.8 Å². The molecule has 5 rings (SSSR count). The summed E-state index contributed by atoms with van der Waals surface area (Å²) in [7, 11) is -1.82. The van der Waals surface area contributed by atoms with Gasteiger partial charge in [0.2, 0.25) is 10.0 Å². The number of allylic oxidation sites excluding steroid dienone is 1. The van der Waals surface area contributed by atoms with Crippen molar-refractivity contribution in [2.45, 2.75) is 37.0 Å². The van der Waals surface area contributed by atoms with Crippen LogP contribution in [0.2, 0.25) is 0 Å². The van der Waals surface area contributed by atoms with Crippen molar-refractivity contribution in [1.29, 1.82) is 0 Å². The van der Waals surface area contributed by atoms with Crippen molar-refractivity contribution in [3.8, 4) is 11.5 Å². The number of carbonyl (C=O) groups excluding carboxylic acids is 2. The van der Waals surface area contributed by atoms with E-state index in [1.54, 1.807) is 12.1 Å². The van der Waals surface area contributed by atoms with Crippen LogP contribution in [0.5, 0.6) is 11.5 Å². The molecule has 3 aliphatic rings. The highest BCUT2D eigenvalue weighted by atomic mass is 32.2. The molecule has 1 saturated heterocycles. The third kappa shape index (κ3) is 4.78. The van der Waals surface area contributed by atoms with Gasteiger partial charge in [-0.25, -0.2) is 8.42 Å². The summed E-state index contributed by atoms with van der Waals surface area (Å²) in [5.41, 5.74) is 2.68. The summed E-state index contributed by atoms with van der Waals surface area (Å²) in [4.78, 5) is 27.5. The lowest BCUT2D eigenvalue weighted by Gasteiger charge is -2.30. The van der Waals surface area contributed by atoms with Crippen LogP contribution in [0, 0.1) is 5.92 Å². The Kier molecular flexibility index (Phi) is 6.96. The lowest BCUT2D eigenvalue weighted by Crippen LogP contribution is -2.40. The minimum absolute atomic E-state index is 0.128. The van der Waals surface area contributed by atoms with Crippen LogP contribution in [-0.2, 0) is 29.8 Å². The number of sulfonamides is 1. The first-order valence-electron chi connectivity index (χ1n) is 12.7. The number of rotatable bonds is 6. The van der Waals surface area contributed by atoms with Gasteiger partial charge in [0.05, 0.1) is 10.8 Å². The Bertz CT molecular complexity index is 1390. The number of hydrogen-bond donors (Lipinski definition) is 0. The van der Waals surface area contributed by atoms with Gasteiger partial charge in [0.25, 0.3) is 0 Å². The second-order valence-corrected chi connectivity index (χ2v) is 12.2. The second kappa shape index (κ2) is 10.1. The monoisotopic (exact) mass is 540 g/mol. The molecule has 2 aromatic rings. The molecule has 0 bridgehead atoms. The molecule has 0 saturated carbocycles. The Morgan fingerprint density at radius 3 is 2.45 bits per heavy atom. The highest BCUT2D eigenvalue weighted by molar-refractivity contribution is 7.89. The second-order valence-electron chi connectivity index (χ2n) is 10.3. The normalized spacial score (nSPS) is 20.3. The van der Waals surface area contributed by atoms with E-state index in [2.05, 4.69) is 19.9 Å². The minimum Gasteiger partial charge on any atom is -0.486 e. The number of fused-ring (bicyclic) bond motifs is 2. The number of nitrogens with zero attached hydrogens (tertiary/aromatic N) is 2. The van der Waals surface area contributed by atoms with Crippen LogP contribution in [-0.4, -0.2) is 64.4 Å². The molecule has 0 radical (unpaired) electrons. The Morgan fingerprint density at radius 1 is 1.05 bits per heavy atom. The number of ether oxygens (including phenoxy) is 3. The molecule has 10 heteroatoms. The van der Waals surface area contributed by atoms with E-state index >= 15 is 0 Å². The smallest absolute Gasteiger partial charge is 0.309 e. The molecule has 1 fully saturated rings. The van der Waals surface area contributed by atoms with Crippen LogP contribution in [0.3, 0.4) is 0 Å². The Labute approximate surface area is 223 Å². The summed E-state index contributed by atoms with van der Waals surface area (Å²) < 4.78 is 44.0. The lowest BCUT2D eigenvalue weighted by molar-refractivity contribution is -0.152. The molecular formula is C28H32N2O7S. The average Bonchev–Trinajstić information content (AvgIpc) is 3.12. The molecule has 0 N–H and O–H groups in total. The molecule has 3 heterocycles. The van der Waals surface area contributed by atoms with Gasteiger partial charge in [0.15, 0.2) is 23.9 Å². The van der Waals surface area contributed by atoms with Crippen molar-refractivity contribution in [3.63, 3.8) is 0 Å². The number of piperidine rings is 1. The molecule has 202 valence electrons. The highest BCUT2D eigenvalue weighted by Gasteiger charge is 2.39. The van der Waals surface area contributed by atoms with Crippen LogP contribution in [0.4, 0.5) is 5.69 Å². The number of esters is 1. The van der Waals surface area contributed by atoms with E-state index in [0.717, 1.165) is 16.9 Å². The number of para-hydroxylation sites is 1. The van der Waals surface area contributed by atoms with Gasteiger partial charge in [-0.2, -0.15) is 4.31 Å². The van der Waals surface area contributed by atoms with E-state index in [9.17, 15) is 18.0 Å². The number of ketones is 1. The topological polar surface area (TPSA) is 102 Å². The van der Waals surface area contributed by atoms with Gasteiger partial charge in [-0.3, -0.25) is 9.59 Å². The van der Waals surface area contributed by atoms with Crippen molar-refractivity contribution < 1.29 is 32.2 Å². The van der Waals surface area contributed by atoms with Gasteiger partial charge in [0, 0.05) is 49.1 Å². The van der Waals surface area contributed by atoms with Gasteiger partial charge in [-0.1, -0.05) is 32.0 Å². The minimum atomic E-state index is -3.74. The maximum atomic E-state index is 13.1. The van der Waals surface area contributed by atoms with Crippen LogP contribution in [0.1, 0.15) is 32.3 Å². The Balaban J connectivity index is 1.16. The molecular weight excluding hydrogens is 508 g/mol. The van der Waals surface area contributed by atoms with Crippen LogP contribution in [0.15, 0.2) is 59.1 Å².